The monoisotopic (exact) mass is 316 g/mol. The van der Waals surface area contributed by atoms with Crippen LogP contribution in [0, 0.1) is 0 Å². The summed E-state index contributed by atoms with van der Waals surface area (Å²) in [4.78, 5) is -0.596. The Morgan fingerprint density at radius 2 is 1.95 bits per heavy atom. The number of alkyl halides is 3. The van der Waals surface area contributed by atoms with Crippen LogP contribution in [0.3, 0.4) is 0 Å². The zero-order chi connectivity index (χ0) is 14.7. The lowest BCUT2D eigenvalue weighted by Gasteiger charge is -2.11. The van der Waals surface area contributed by atoms with Crippen LogP contribution in [-0.2, 0) is 16.2 Å². The van der Waals surface area contributed by atoms with Crippen LogP contribution in [0.1, 0.15) is 12.0 Å². The minimum Gasteiger partial charge on any atom is -0.330 e. The van der Waals surface area contributed by atoms with Gasteiger partial charge in [0.1, 0.15) is 4.90 Å². The second kappa shape index (κ2) is 6.08. The summed E-state index contributed by atoms with van der Waals surface area (Å²) in [5.41, 5.74) is 4.12. The highest BCUT2D eigenvalue weighted by Gasteiger charge is 2.32. The molecule has 0 radical (unpaired) electrons. The van der Waals surface area contributed by atoms with Gasteiger partial charge >= 0.3 is 6.18 Å². The fraction of sp³-hybridized carbons (Fsp3) is 0.400. The molecular formula is C10H12ClF3N2O2S. The van der Waals surface area contributed by atoms with E-state index in [1.54, 1.807) is 0 Å². The number of hydrogen-bond donors (Lipinski definition) is 2. The first kappa shape index (κ1) is 16.2. The smallest absolute Gasteiger partial charge is 0.330 e. The van der Waals surface area contributed by atoms with E-state index in [0.29, 0.717) is 12.5 Å². The number of nitrogens with two attached hydrogens (primary N) is 1. The van der Waals surface area contributed by atoms with Crippen LogP contribution in [0.4, 0.5) is 13.2 Å². The summed E-state index contributed by atoms with van der Waals surface area (Å²) in [6, 6.07) is 2.14. The molecule has 0 aliphatic heterocycles. The molecule has 0 fully saturated rings. The van der Waals surface area contributed by atoms with Crippen molar-refractivity contribution in [2.45, 2.75) is 17.5 Å². The van der Waals surface area contributed by atoms with Crippen molar-refractivity contribution >= 4 is 21.6 Å². The van der Waals surface area contributed by atoms with Gasteiger partial charge in [0.2, 0.25) is 10.0 Å². The summed E-state index contributed by atoms with van der Waals surface area (Å²) in [6.45, 7) is 0.296. The second-order valence-electron chi connectivity index (χ2n) is 3.68. The van der Waals surface area contributed by atoms with Crippen molar-refractivity contribution in [3.05, 3.63) is 28.8 Å². The van der Waals surface area contributed by atoms with Crippen molar-refractivity contribution in [2.24, 2.45) is 5.73 Å². The minimum absolute atomic E-state index is 0.0331. The van der Waals surface area contributed by atoms with Gasteiger partial charge in [-0.2, -0.15) is 13.2 Å². The van der Waals surface area contributed by atoms with Gasteiger partial charge in [-0.1, -0.05) is 11.6 Å². The summed E-state index contributed by atoms with van der Waals surface area (Å²) in [7, 11) is -4.08. The number of nitrogens with one attached hydrogen (secondary N) is 1. The SMILES string of the molecule is NCCCNS(=O)(=O)c1cc(C(F)(F)F)ccc1Cl. The van der Waals surface area contributed by atoms with Crippen molar-refractivity contribution in [3.8, 4) is 0 Å². The number of benzene rings is 1. The maximum Gasteiger partial charge on any atom is 0.416 e. The summed E-state index contributed by atoms with van der Waals surface area (Å²) >= 11 is 5.63. The van der Waals surface area contributed by atoms with Gasteiger partial charge in [-0.15, -0.1) is 0 Å². The minimum atomic E-state index is -4.63. The number of halogens is 4. The largest absolute Gasteiger partial charge is 0.416 e. The molecule has 1 rings (SSSR count). The third kappa shape index (κ3) is 4.34. The summed E-state index contributed by atoms with van der Waals surface area (Å²) in [5, 5.41) is -0.270. The molecule has 3 N–H and O–H groups in total. The standard InChI is InChI=1S/C10H12ClF3N2O2S/c11-8-3-2-7(10(12,13)14)6-9(8)19(17,18)16-5-1-4-15/h2-3,6,16H,1,4-5,15H2. The Bertz CT molecular complexity index is 546. The van der Waals surface area contributed by atoms with Crippen LogP contribution in [0.15, 0.2) is 23.1 Å². The molecule has 9 heteroatoms. The average Bonchev–Trinajstić information content (AvgIpc) is 2.27. The highest BCUT2D eigenvalue weighted by Crippen LogP contribution is 2.33. The van der Waals surface area contributed by atoms with Gasteiger partial charge in [0.15, 0.2) is 0 Å². The quantitative estimate of drug-likeness (QED) is 0.816. The normalized spacial score (nSPS) is 12.7. The van der Waals surface area contributed by atoms with Gasteiger partial charge in [-0.05, 0) is 31.2 Å². The topological polar surface area (TPSA) is 72.2 Å². The maximum atomic E-state index is 12.5. The van der Waals surface area contributed by atoms with Crippen molar-refractivity contribution < 1.29 is 21.6 Å². The summed E-state index contributed by atoms with van der Waals surface area (Å²) in [6.07, 6.45) is -4.26. The van der Waals surface area contributed by atoms with E-state index in [0.717, 1.165) is 12.1 Å². The zero-order valence-corrected chi connectivity index (χ0v) is 11.2. The predicted molar refractivity (Wildman–Crippen MR) is 65.3 cm³/mol. The molecule has 0 bridgehead atoms. The molecule has 1 aromatic carbocycles. The Balaban J connectivity index is 3.12. The van der Waals surface area contributed by atoms with Gasteiger partial charge in [-0.25, -0.2) is 13.1 Å². The molecule has 1 aromatic rings. The number of hydrogen-bond acceptors (Lipinski definition) is 3. The first-order chi connectivity index (χ1) is 8.68. The van der Waals surface area contributed by atoms with Gasteiger partial charge in [0, 0.05) is 6.54 Å². The highest BCUT2D eigenvalue weighted by molar-refractivity contribution is 7.89. The molecule has 19 heavy (non-hydrogen) atoms. The van der Waals surface area contributed by atoms with E-state index in [1.807, 2.05) is 0 Å². The van der Waals surface area contributed by atoms with E-state index >= 15 is 0 Å². The first-order valence-electron chi connectivity index (χ1n) is 5.25. The van der Waals surface area contributed by atoms with Crippen molar-refractivity contribution in [2.75, 3.05) is 13.1 Å². The Hall–Kier alpha value is -0.830. The van der Waals surface area contributed by atoms with Crippen molar-refractivity contribution in [3.63, 3.8) is 0 Å². The average molecular weight is 317 g/mol. The Morgan fingerprint density at radius 3 is 2.47 bits per heavy atom. The van der Waals surface area contributed by atoms with Crippen LogP contribution in [0.5, 0.6) is 0 Å². The molecule has 0 amide bonds. The van der Waals surface area contributed by atoms with Crippen LogP contribution in [0.25, 0.3) is 0 Å². The molecule has 108 valence electrons. The third-order valence-electron chi connectivity index (χ3n) is 2.22. The van der Waals surface area contributed by atoms with Crippen LogP contribution in [-0.4, -0.2) is 21.5 Å². The Morgan fingerprint density at radius 1 is 1.32 bits per heavy atom. The maximum absolute atomic E-state index is 12.5. The fourth-order valence-electron chi connectivity index (χ4n) is 1.27. The van der Waals surface area contributed by atoms with Crippen LogP contribution >= 0.6 is 11.6 Å². The molecule has 0 unspecified atom stereocenters. The lowest BCUT2D eigenvalue weighted by molar-refractivity contribution is -0.137. The van der Waals surface area contributed by atoms with E-state index in [4.69, 9.17) is 17.3 Å². The second-order valence-corrected chi connectivity index (χ2v) is 5.83. The van der Waals surface area contributed by atoms with Crippen LogP contribution in [0.2, 0.25) is 5.02 Å². The van der Waals surface area contributed by atoms with E-state index in [2.05, 4.69) is 4.72 Å². The molecule has 0 aliphatic carbocycles. The van der Waals surface area contributed by atoms with Crippen molar-refractivity contribution in [1.29, 1.82) is 0 Å². The Labute approximate surface area is 113 Å². The zero-order valence-electron chi connectivity index (χ0n) is 9.67. The van der Waals surface area contributed by atoms with Gasteiger partial charge < -0.3 is 5.73 Å². The highest BCUT2D eigenvalue weighted by atomic mass is 35.5. The third-order valence-corrected chi connectivity index (χ3v) is 4.16. The summed E-state index contributed by atoms with van der Waals surface area (Å²) in [5.74, 6) is 0. The molecule has 0 saturated heterocycles. The number of rotatable bonds is 5. The van der Waals surface area contributed by atoms with Crippen LogP contribution < -0.4 is 10.5 Å². The molecule has 0 aliphatic rings. The van der Waals surface area contributed by atoms with Crippen molar-refractivity contribution in [1.82, 2.24) is 4.72 Å². The molecule has 0 heterocycles. The molecule has 0 spiro atoms. The fourth-order valence-corrected chi connectivity index (χ4v) is 2.87. The molecule has 4 nitrogen and oxygen atoms in total. The predicted octanol–water partition coefficient (Wildman–Crippen LogP) is 1.99. The molecule has 0 saturated carbocycles. The lowest BCUT2D eigenvalue weighted by atomic mass is 10.2. The molecular weight excluding hydrogens is 305 g/mol. The van der Waals surface area contributed by atoms with Gasteiger partial charge in [0.25, 0.3) is 0 Å². The Kier molecular flexibility index (Phi) is 5.19. The first-order valence-corrected chi connectivity index (χ1v) is 7.11. The molecule has 0 aromatic heterocycles. The summed E-state index contributed by atoms with van der Waals surface area (Å²) < 4.78 is 63.3. The van der Waals surface area contributed by atoms with E-state index in [-0.39, 0.29) is 18.1 Å². The van der Waals surface area contributed by atoms with Gasteiger partial charge in [-0.3, -0.25) is 0 Å². The van der Waals surface area contributed by atoms with Gasteiger partial charge in [0.05, 0.1) is 10.6 Å². The van der Waals surface area contributed by atoms with E-state index in [1.165, 1.54) is 0 Å². The molecule has 0 atom stereocenters. The van der Waals surface area contributed by atoms with E-state index in [9.17, 15) is 21.6 Å². The number of sulfonamides is 1. The van der Waals surface area contributed by atoms with E-state index < -0.39 is 26.7 Å². The lowest BCUT2D eigenvalue weighted by Crippen LogP contribution is -2.26.